The third-order valence-corrected chi connectivity index (χ3v) is 3.13. The smallest absolute Gasteiger partial charge is 0.406 e. The van der Waals surface area contributed by atoms with Crippen LogP contribution in [0.2, 0.25) is 0 Å². The first-order valence-corrected chi connectivity index (χ1v) is 6.70. The van der Waals surface area contributed by atoms with E-state index in [1.54, 1.807) is 12.1 Å². The number of hydrogen-bond donors (Lipinski definition) is 1. The molecule has 0 heterocycles. The second-order valence-corrected chi connectivity index (χ2v) is 4.98. The number of alkyl halides is 3. The Morgan fingerprint density at radius 3 is 2.80 bits per heavy atom. The lowest BCUT2D eigenvalue weighted by atomic mass is 10.1. The van der Waals surface area contributed by atoms with Gasteiger partial charge in [0.15, 0.2) is 0 Å². The van der Waals surface area contributed by atoms with Crippen LogP contribution in [0.5, 0.6) is 5.75 Å². The zero-order valence-electron chi connectivity index (χ0n) is 11.3. The largest absolute Gasteiger partial charge is 0.573 e. The minimum Gasteiger partial charge on any atom is -0.406 e. The Morgan fingerprint density at radius 2 is 2.15 bits per heavy atom. The fourth-order valence-electron chi connectivity index (χ4n) is 1.92. The molecule has 1 N–H and O–H groups in total. The number of halogens is 3. The van der Waals surface area contributed by atoms with E-state index < -0.39 is 6.36 Å². The van der Waals surface area contributed by atoms with Crippen LogP contribution in [-0.4, -0.2) is 18.9 Å². The predicted molar refractivity (Wildman–Crippen MR) is 72.4 cm³/mol. The summed E-state index contributed by atoms with van der Waals surface area (Å²) in [5, 5.41) is 3.39. The standard InChI is InChI=1S/C15H18F3NO/c1-11(4-3-9-19-13-7-8-13)12-5-2-6-14(10-12)20-15(16,17)18/h2,4-6,10,13,19H,3,7-9H2,1H3. The fraction of sp³-hybridized carbons (Fsp3) is 0.467. The lowest BCUT2D eigenvalue weighted by Gasteiger charge is -2.10. The van der Waals surface area contributed by atoms with Crippen LogP contribution < -0.4 is 10.1 Å². The summed E-state index contributed by atoms with van der Waals surface area (Å²) >= 11 is 0. The molecule has 0 spiro atoms. The Bertz CT molecular complexity index is 478. The second kappa shape index (κ2) is 6.31. The average molecular weight is 285 g/mol. The van der Waals surface area contributed by atoms with E-state index >= 15 is 0 Å². The minimum atomic E-state index is -4.65. The van der Waals surface area contributed by atoms with Crippen molar-refractivity contribution in [1.82, 2.24) is 5.32 Å². The van der Waals surface area contributed by atoms with Crippen molar-refractivity contribution in [3.8, 4) is 5.75 Å². The molecule has 2 rings (SSSR count). The Labute approximate surface area is 116 Å². The maximum absolute atomic E-state index is 12.2. The van der Waals surface area contributed by atoms with Crippen molar-refractivity contribution in [3.63, 3.8) is 0 Å². The van der Waals surface area contributed by atoms with Crippen molar-refractivity contribution in [3.05, 3.63) is 35.9 Å². The van der Waals surface area contributed by atoms with Gasteiger partial charge in [0.2, 0.25) is 0 Å². The lowest BCUT2D eigenvalue weighted by Crippen LogP contribution is -2.17. The Kier molecular flexibility index (Phi) is 4.70. The molecule has 1 aromatic carbocycles. The van der Waals surface area contributed by atoms with Gasteiger partial charge in [0.05, 0.1) is 0 Å². The molecule has 0 aromatic heterocycles. The van der Waals surface area contributed by atoms with Gasteiger partial charge in [0.1, 0.15) is 5.75 Å². The molecule has 0 atom stereocenters. The molecule has 0 radical (unpaired) electrons. The summed E-state index contributed by atoms with van der Waals surface area (Å²) in [7, 11) is 0. The summed E-state index contributed by atoms with van der Waals surface area (Å²) in [6.07, 6.45) is 0.748. The summed E-state index contributed by atoms with van der Waals surface area (Å²) in [5.74, 6) is -0.182. The first kappa shape index (κ1) is 14.9. The van der Waals surface area contributed by atoms with Gasteiger partial charge >= 0.3 is 6.36 Å². The van der Waals surface area contributed by atoms with Gasteiger partial charge in [0.25, 0.3) is 0 Å². The van der Waals surface area contributed by atoms with E-state index in [1.165, 1.54) is 25.0 Å². The fourth-order valence-corrected chi connectivity index (χ4v) is 1.92. The molecule has 0 unspecified atom stereocenters. The highest BCUT2D eigenvalue weighted by atomic mass is 19.4. The monoisotopic (exact) mass is 285 g/mol. The Balaban J connectivity index is 1.92. The van der Waals surface area contributed by atoms with Crippen molar-refractivity contribution >= 4 is 5.57 Å². The number of hydrogen-bond acceptors (Lipinski definition) is 2. The van der Waals surface area contributed by atoms with E-state index in [9.17, 15) is 13.2 Å². The van der Waals surface area contributed by atoms with Crippen LogP contribution in [0.25, 0.3) is 5.57 Å². The zero-order valence-corrected chi connectivity index (χ0v) is 11.3. The molecule has 1 saturated carbocycles. The van der Waals surface area contributed by atoms with Crippen LogP contribution in [0.4, 0.5) is 13.2 Å². The maximum atomic E-state index is 12.2. The van der Waals surface area contributed by atoms with Gasteiger partial charge in [-0.2, -0.15) is 0 Å². The Morgan fingerprint density at radius 1 is 1.40 bits per heavy atom. The van der Waals surface area contributed by atoms with Crippen LogP contribution in [0.3, 0.4) is 0 Å². The predicted octanol–water partition coefficient (Wildman–Crippen LogP) is 4.13. The van der Waals surface area contributed by atoms with E-state index in [0.29, 0.717) is 6.04 Å². The maximum Gasteiger partial charge on any atom is 0.573 e. The average Bonchev–Trinajstić information content (AvgIpc) is 3.16. The SMILES string of the molecule is CC(=CCCNC1CC1)c1cccc(OC(F)(F)F)c1. The summed E-state index contributed by atoms with van der Waals surface area (Å²) in [6.45, 7) is 2.80. The molecule has 0 saturated heterocycles. The number of ether oxygens (including phenoxy) is 1. The summed E-state index contributed by atoms with van der Waals surface area (Å²) in [5.41, 5.74) is 1.70. The van der Waals surface area contributed by atoms with Gasteiger partial charge in [-0.25, -0.2) is 0 Å². The summed E-state index contributed by atoms with van der Waals surface area (Å²) < 4.78 is 40.4. The third kappa shape index (κ3) is 5.25. The Hall–Kier alpha value is -1.49. The van der Waals surface area contributed by atoms with Crippen molar-refractivity contribution in [1.29, 1.82) is 0 Å². The quantitative estimate of drug-likeness (QED) is 0.793. The van der Waals surface area contributed by atoms with Crippen LogP contribution in [0.1, 0.15) is 31.7 Å². The highest BCUT2D eigenvalue weighted by Crippen LogP contribution is 2.26. The van der Waals surface area contributed by atoms with Crippen molar-refractivity contribution in [2.45, 2.75) is 38.6 Å². The minimum absolute atomic E-state index is 0.182. The highest BCUT2D eigenvalue weighted by Gasteiger charge is 2.31. The van der Waals surface area contributed by atoms with Gasteiger partial charge < -0.3 is 10.1 Å². The van der Waals surface area contributed by atoms with E-state index in [0.717, 1.165) is 24.1 Å². The van der Waals surface area contributed by atoms with Crippen molar-refractivity contribution in [2.24, 2.45) is 0 Å². The molecule has 0 bridgehead atoms. The van der Waals surface area contributed by atoms with Crippen LogP contribution in [0.15, 0.2) is 30.3 Å². The molecule has 5 heteroatoms. The van der Waals surface area contributed by atoms with Crippen LogP contribution >= 0.6 is 0 Å². The van der Waals surface area contributed by atoms with Gasteiger partial charge in [0, 0.05) is 6.04 Å². The van der Waals surface area contributed by atoms with Crippen LogP contribution in [0, 0.1) is 0 Å². The molecule has 0 amide bonds. The van der Waals surface area contributed by atoms with Gasteiger partial charge in [-0.15, -0.1) is 13.2 Å². The third-order valence-electron chi connectivity index (χ3n) is 3.13. The number of allylic oxidation sites excluding steroid dienone is 1. The van der Waals surface area contributed by atoms with E-state index in [1.807, 2.05) is 13.0 Å². The van der Waals surface area contributed by atoms with Crippen LogP contribution in [-0.2, 0) is 0 Å². The number of nitrogens with one attached hydrogen (secondary N) is 1. The first-order valence-electron chi connectivity index (χ1n) is 6.70. The topological polar surface area (TPSA) is 21.3 Å². The number of rotatable bonds is 6. The second-order valence-electron chi connectivity index (χ2n) is 4.98. The first-order chi connectivity index (χ1) is 9.44. The van der Waals surface area contributed by atoms with Gasteiger partial charge in [-0.1, -0.05) is 18.2 Å². The molecular formula is C15H18F3NO. The molecular weight excluding hydrogens is 267 g/mol. The molecule has 0 aliphatic heterocycles. The van der Waals surface area contributed by atoms with E-state index in [4.69, 9.17) is 0 Å². The highest BCUT2D eigenvalue weighted by molar-refractivity contribution is 5.64. The van der Waals surface area contributed by atoms with E-state index in [-0.39, 0.29) is 5.75 Å². The summed E-state index contributed by atoms with van der Waals surface area (Å²) in [6, 6.07) is 6.73. The zero-order chi connectivity index (χ0) is 14.6. The van der Waals surface area contributed by atoms with Gasteiger partial charge in [-0.3, -0.25) is 0 Å². The normalized spacial score (nSPS) is 16.3. The molecule has 1 aliphatic carbocycles. The van der Waals surface area contributed by atoms with Crippen molar-refractivity contribution < 1.29 is 17.9 Å². The molecule has 2 nitrogen and oxygen atoms in total. The molecule has 20 heavy (non-hydrogen) atoms. The molecule has 1 fully saturated rings. The van der Waals surface area contributed by atoms with E-state index in [2.05, 4.69) is 10.1 Å². The lowest BCUT2D eigenvalue weighted by molar-refractivity contribution is -0.274. The number of benzene rings is 1. The van der Waals surface area contributed by atoms with Crippen molar-refractivity contribution in [2.75, 3.05) is 6.54 Å². The molecule has 110 valence electrons. The van der Waals surface area contributed by atoms with Gasteiger partial charge in [-0.05, 0) is 56.0 Å². The molecule has 1 aliphatic rings. The molecule has 1 aromatic rings. The summed E-state index contributed by atoms with van der Waals surface area (Å²) in [4.78, 5) is 0.